The Hall–Kier alpha value is -2.37. The highest BCUT2D eigenvalue weighted by Gasteiger charge is 2.22. The molecule has 0 saturated heterocycles. The molecule has 0 atom stereocenters. The van der Waals surface area contributed by atoms with Crippen molar-refractivity contribution in [2.24, 2.45) is 0 Å². The largest absolute Gasteiger partial charge is 0.493 e. The van der Waals surface area contributed by atoms with Crippen LogP contribution < -0.4 is 19.5 Å². The van der Waals surface area contributed by atoms with E-state index in [0.717, 1.165) is 43.0 Å². The Morgan fingerprint density at radius 2 is 1.79 bits per heavy atom. The van der Waals surface area contributed by atoms with Crippen molar-refractivity contribution in [3.05, 3.63) is 17.7 Å². The Morgan fingerprint density at radius 1 is 1.08 bits per heavy atom. The van der Waals surface area contributed by atoms with Crippen molar-refractivity contribution in [3.63, 3.8) is 0 Å². The minimum absolute atomic E-state index is 0.600. The number of benzene rings is 1. The van der Waals surface area contributed by atoms with E-state index in [1.807, 2.05) is 16.8 Å². The van der Waals surface area contributed by atoms with E-state index in [1.165, 1.54) is 12.0 Å². The van der Waals surface area contributed by atoms with Crippen LogP contribution >= 0.6 is 0 Å². The second kappa shape index (κ2) is 7.03. The predicted octanol–water partition coefficient (Wildman–Crippen LogP) is 3.34. The van der Waals surface area contributed by atoms with Crippen LogP contribution in [-0.2, 0) is 13.0 Å². The highest BCUT2D eigenvalue weighted by Crippen LogP contribution is 2.42. The number of aromatic nitrogens is 2. The fraction of sp³-hybridized carbons (Fsp3) is 0.500. The average molecular weight is 331 g/mol. The summed E-state index contributed by atoms with van der Waals surface area (Å²) in [4.78, 5) is 0. The summed E-state index contributed by atoms with van der Waals surface area (Å²) in [5.41, 5.74) is 3.24. The number of rotatable bonds is 5. The molecule has 24 heavy (non-hydrogen) atoms. The van der Waals surface area contributed by atoms with Gasteiger partial charge in [0.1, 0.15) is 5.82 Å². The summed E-state index contributed by atoms with van der Waals surface area (Å²) in [6, 6.07) is 3.93. The number of aryl methyl sites for hydroxylation is 1. The van der Waals surface area contributed by atoms with Crippen LogP contribution in [0.5, 0.6) is 17.2 Å². The number of nitrogens with zero attached hydrogens (tertiary/aromatic N) is 2. The van der Waals surface area contributed by atoms with E-state index in [0.29, 0.717) is 17.2 Å². The quantitative estimate of drug-likeness (QED) is 0.910. The van der Waals surface area contributed by atoms with Crippen LogP contribution in [0.4, 0.5) is 5.82 Å². The second-order valence-corrected chi connectivity index (χ2v) is 5.79. The van der Waals surface area contributed by atoms with Crippen molar-refractivity contribution in [1.29, 1.82) is 0 Å². The molecular formula is C18H25N3O3. The van der Waals surface area contributed by atoms with Gasteiger partial charge in [-0.3, -0.25) is 0 Å². The molecule has 6 heteroatoms. The Balaban J connectivity index is 2.17. The van der Waals surface area contributed by atoms with Crippen LogP contribution in [-0.4, -0.2) is 37.7 Å². The van der Waals surface area contributed by atoms with Crippen LogP contribution in [0, 0.1) is 0 Å². The number of hydrogen-bond donors (Lipinski definition) is 1. The Bertz CT molecular complexity index is 700. The first-order valence-corrected chi connectivity index (χ1v) is 8.37. The van der Waals surface area contributed by atoms with E-state index in [2.05, 4.69) is 12.2 Å². The number of fused-ring (bicyclic) bond motifs is 1. The van der Waals surface area contributed by atoms with Crippen LogP contribution in [0.3, 0.4) is 0 Å². The third kappa shape index (κ3) is 2.77. The Kier molecular flexibility index (Phi) is 4.83. The fourth-order valence-electron chi connectivity index (χ4n) is 3.25. The molecule has 0 spiro atoms. The van der Waals surface area contributed by atoms with E-state index in [9.17, 15) is 0 Å². The molecule has 130 valence electrons. The maximum Gasteiger partial charge on any atom is 0.203 e. The van der Waals surface area contributed by atoms with Crippen molar-refractivity contribution in [2.45, 2.75) is 32.7 Å². The van der Waals surface area contributed by atoms with E-state index in [-0.39, 0.29) is 0 Å². The maximum absolute atomic E-state index is 5.49. The normalized spacial score (nSPS) is 13.7. The lowest BCUT2D eigenvalue weighted by Gasteiger charge is -2.14. The molecule has 0 fully saturated rings. The third-order valence-electron chi connectivity index (χ3n) is 4.43. The molecule has 0 radical (unpaired) electrons. The topological polar surface area (TPSA) is 57.5 Å². The van der Waals surface area contributed by atoms with Gasteiger partial charge in [-0.25, -0.2) is 4.68 Å². The predicted molar refractivity (Wildman–Crippen MR) is 94.4 cm³/mol. The molecular weight excluding hydrogens is 306 g/mol. The van der Waals surface area contributed by atoms with E-state index in [4.69, 9.17) is 19.3 Å². The van der Waals surface area contributed by atoms with Gasteiger partial charge in [0.2, 0.25) is 5.75 Å². The number of ether oxygens (including phenoxy) is 3. The van der Waals surface area contributed by atoms with Crippen LogP contribution in [0.15, 0.2) is 12.1 Å². The highest BCUT2D eigenvalue weighted by atomic mass is 16.5. The lowest BCUT2D eigenvalue weighted by Crippen LogP contribution is -2.07. The zero-order valence-electron chi connectivity index (χ0n) is 14.8. The SMILES string of the molecule is CCn1nc(-c2cc(OC)c(OC)c(OC)c2)c2c1NCCCC2. The summed E-state index contributed by atoms with van der Waals surface area (Å²) < 4.78 is 18.4. The molecule has 0 saturated carbocycles. The number of nitrogens with one attached hydrogen (secondary N) is 1. The van der Waals surface area contributed by atoms with Gasteiger partial charge in [-0.15, -0.1) is 0 Å². The summed E-state index contributed by atoms with van der Waals surface area (Å²) in [7, 11) is 4.88. The van der Waals surface area contributed by atoms with Crippen molar-refractivity contribution < 1.29 is 14.2 Å². The molecule has 2 aromatic rings. The summed E-state index contributed by atoms with van der Waals surface area (Å²) in [5, 5.41) is 8.36. The molecule has 0 unspecified atom stereocenters. The van der Waals surface area contributed by atoms with Gasteiger partial charge < -0.3 is 19.5 Å². The molecule has 2 heterocycles. The standard InChI is InChI=1S/C18H25N3O3/c1-5-21-18-13(8-6-7-9-19-18)16(20-21)12-10-14(22-2)17(24-4)15(11-12)23-3/h10-11,19H,5-9H2,1-4H3. The van der Waals surface area contributed by atoms with E-state index in [1.54, 1.807) is 21.3 Å². The molecule has 1 aromatic carbocycles. The zero-order chi connectivity index (χ0) is 17.1. The lowest BCUT2D eigenvalue weighted by molar-refractivity contribution is 0.324. The van der Waals surface area contributed by atoms with Gasteiger partial charge in [0.05, 0.1) is 27.0 Å². The van der Waals surface area contributed by atoms with Gasteiger partial charge in [0.25, 0.3) is 0 Å². The molecule has 3 rings (SSSR count). The van der Waals surface area contributed by atoms with Crippen molar-refractivity contribution in [1.82, 2.24) is 9.78 Å². The summed E-state index contributed by atoms with van der Waals surface area (Å²) in [6.45, 7) is 3.94. The number of anilines is 1. The van der Waals surface area contributed by atoms with Gasteiger partial charge in [0, 0.05) is 24.2 Å². The third-order valence-corrected chi connectivity index (χ3v) is 4.43. The molecule has 0 bridgehead atoms. The minimum atomic E-state index is 0.600. The first kappa shape index (κ1) is 16.5. The minimum Gasteiger partial charge on any atom is -0.493 e. The molecule has 1 N–H and O–H groups in total. The monoisotopic (exact) mass is 331 g/mol. The Labute approximate surface area is 142 Å². The smallest absolute Gasteiger partial charge is 0.203 e. The summed E-state index contributed by atoms with van der Waals surface area (Å²) in [6.07, 6.45) is 3.36. The Morgan fingerprint density at radius 3 is 2.38 bits per heavy atom. The van der Waals surface area contributed by atoms with Gasteiger partial charge in [0.15, 0.2) is 11.5 Å². The second-order valence-electron chi connectivity index (χ2n) is 5.79. The summed E-state index contributed by atoms with van der Waals surface area (Å²) >= 11 is 0. The molecule has 1 aliphatic rings. The zero-order valence-corrected chi connectivity index (χ0v) is 14.8. The van der Waals surface area contributed by atoms with Crippen molar-refractivity contribution >= 4 is 5.82 Å². The average Bonchev–Trinajstić information content (AvgIpc) is 2.80. The molecule has 0 amide bonds. The first-order valence-electron chi connectivity index (χ1n) is 8.37. The fourth-order valence-corrected chi connectivity index (χ4v) is 3.25. The molecule has 0 aliphatic carbocycles. The number of hydrogen-bond acceptors (Lipinski definition) is 5. The van der Waals surface area contributed by atoms with Crippen molar-refractivity contribution in [2.75, 3.05) is 33.2 Å². The molecule has 1 aromatic heterocycles. The van der Waals surface area contributed by atoms with E-state index >= 15 is 0 Å². The first-order chi connectivity index (χ1) is 11.7. The van der Waals surface area contributed by atoms with Gasteiger partial charge in [-0.1, -0.05) is 0 Å². The van der Waals surface area contributed by atoms with E-state index < -0.39 is 0 Å². The van der Waals surface area contributed by atoms with Crippen molar-refractivity contribution in [3.8, 4) is 28.5 Å². The summed E-state index contributed by atoms with van der Waals surface area (Å²) in [5.74, 6) is 3.03. The molecule has 1 aliphatic heterocycles. The van der Waals surface area contributed by atoms with Crippen LogP contribution in [0.2, 0.25) is 0 Å². The van der Waals surface area contributed by atoms with Crippen LogP contribution in [0.1, 0.15) is 25.3 Å². The number of methoxy groups -OCH3 is 3. The highest BCUT2D eigenvalue weighted by molar-refractivity contribution is 5.74. The van der Waals surface area contributed by atoms with Gasteiger partial charge in [-0.2, -0.15) is 5.10 Å². The maximum atomic E-state index is 5.49. The van der Waals surface area contributed by atoms with Gasteiger partial charge in [-0.05, 0) is 38.3 Å². The van der Waals surface area contributed by atoms with Crippen LogP contribution in [0.25, 0.3) is 11.3 Å². The molecule has 6 nitrogen and oxygen atoms in total. The van der Waals surface area contributed by atoms with Gasteiger partial charge >= 0.3 is 0 Å². The lowest BCUT2D eigenvalue weighted by atomic mass is 10.0.